The SMILES string of the molecule is CSc1ccccc1C1CNC(=O)C1. The molecule has 0 aliphatic carbocycles. The van der Waals surface area contributed by atoms with Gasteiger partial charge in [-0.3, -0.25) is 4.79 Å². The summed E-state index contributed by atoms with van der Waals surface area (Å²) < 4.78 is 0. The summed E-state index contributed by atoms with van der Waals surface area (Å²) in [7, 11) is 0. The van der Waals surface area contributed by atoms with Crippen LogP contribution in [0.5, 0.6) is 0 Å². The molecular weight excluding hydrogens is 194 g/mol. The third-order valence-corrected chi connectivity index (χ3v) is 3.37. The minimum absolute atomic E-state index is 0.172. The lowest BCUT2D eigenvalue weighted by molar-refractivity contribution is -0.119. The van der Waals surface area contributed by atoms with Crippen molar-refractivity contribution < 1.29 is 4.79 Å². The molecule has 14 heavy (non-hydrogen) atoms. The van der Waals surface area contributed by atoms with Crippen LogP contribution >= 0.6 is 11.8 Å². The maximum absolute atomic E-state index is 11.1. The van der Waals surface area contributed by atoms with E-state index >= 15 is 0 Å². The molecule has 1 aromatic rings. The van der Waals surface area contributed by atoms with Gasteiger partial charge in [0.25, 0.3) is 0 Å². The fourth-order valence-electron chi connectivity index (χ4n) is 1.83. The van der Waals surface area contributed by atoms with Gasteiger partial charge in [0.1, 0.15) is 0 Å². The molecule has 0 aromatic heterocycles. The number of hydrogen-bond acceptors (Lipinski definition) is 2. The smallest absolute Gasteiger partial charge is 0.220 e. The summed E-state index contributed by atoms with van der Waals surface area (Å²) in [6, 6.07) is 8.32. The van der Waals surface area contributed by atoms with Crippen LogP contribution < -0.4 is 5.32 Å². The molecule has 1 aliphatic rings. The number of hydrogen-bond donors (Lipinski definition) is 1. The summed E-state index contributed by atoms with van der Waals surface area (Å²) in [5, 5.41) is 2.87. The molecule has 74 valence electrons. The van der Waals surface area contributed by atoms with E-state index in [2.05, 4.69) is 23.7 Å². The van der Waals surface area contributed by atoms with E-state index in [-0.39, 0.29) is 5.91 Å². The van der Waals surface area contributed by atoms with Crippen molar-refractivity contribution in [2.75, 3.05) is 12.8 Å². The zero-order chi connectivity index (χ0) is 9.97. The monoisotopic (exact) mass is 207 g/mol. The van der Waals surface area contributed by atoms with Gasteiger partial charge in [-0.2, -0.15) is 0 Å². The highest BCUT2D eigenvalue weighted by molar-refractivity contribution is 7.98. The normalized spacial score (nSPS) is 20.9. The number of carbonyl (C=O) groups is 1. The number of benzene rings is 1. The molecule has 1 aliphatic heterocycles. The lowest BCUT2D eigenvalue weighted by atomic mass is 9.98. The van der Waals surface area contributed by atoms with Gasteiger partial charge in [-0.1, -0.05) is 18.2 Å². The van der Waals surface area contributed by atoms with Crippen LogP contribution in [-0.2, 0) is 4.79 Å². The Balaban J connectivity index is 2.27. The zero-order valence-electron chi connectivity index (χ0n) is 8.12. The Kier molecular flexibility index (Phi) is 2.77. The molecular formula is C11H13NOS. The number of nitrogens with one attached hydrogen (secondary N) is 1. The molecule has 1 atom stereocenters. The Morgan fingerprint density at radius 1 is 1.43 bits per heavy atom. The molecule has 2 nitrogen and oxygen atoms in total. The minimum Gasteiger partial charge on any atom is -0.355 e. The molecule has 0 bridgehead atoms. The van der Waals surface area contributed by atoms with E-state index in [1.165, 1.54) is 10.5 Å². The van der Waals surface area contributed by atoms with E-state index in [9.17, 15) is 4.79 Å². The maximum atomic E-state index is 11.1. The predicted octanol–water partition coefficient (Wildman–Crippen LogP) is 2.01. The van der Waals surface area contributed by atoms with Crippen molar-refractivity contribution in [3.05, 3.63) is 29.8 Å². The van der Waals surface area contributed by atoms with Crippen molar-refractivity contribution >= 4 is 17.7 Å². The second-order valence-corrected chi connectivity index (χ2v) is 4.30. The van der Waals surface area contributed by atoms with Crippen LogP contribution in [0.3, 0.4) is 0 Å². The third kappa shape index (κ3) is 1.77. The van der Waals surface area contributed by atoms with Gasteiger partial charge in [-0.05, 0) is 17.9 Å². The first-order valence-corrected chi connectivity index (χ1v) is 5.93. The van der Waals surface area contributed by atoms with Gasteiger partial charge in [-0.25, -0.2) is 0 Å². The lowest BCUT2D eigenvalue weighted by Gasteiger charge is -2.11. The molecule has 0 saturated carbocycles. The summed E-state index contributed by atoms with van der Waals surface area (Å²) in [4.78, 5) is 12.4. The van der Waals surface area contributed by atoms with Gasteiger partial charge in [0, 0.05) is 23.8 Å². The number of thioether (sulfide) groups is 1. The molecule has 1 amide bonds. The van der Waals surface area contributed by atoms with E-state index in [1.807, 2.05) is 12.1 Å². The van der Waals surface area contributed by atoms with Crippen molar-refractivity contribution in [1.29, 1.82) is 0 Å². The third-order valence-electron chi connectivity index (χ3n) is 2.56. The largest absolute Gasteiger partial charge is 0.355 e. The van der Waals surface area contributed by atoms with Crippen molar-refractivity contribution in [3.63, 3.8) is 0 Å². The van der Waals surface area contributed by atoms with Crippen LogP contribution in [0.25, 0.3) is 0 Å². The minimum atomic E-state index is 0.172. The topological polar surface area (TPSA) is 29.1 Å². The van der Waals surface area contributed by atoms with Crippen LogP contribution in [0.4, 0.5) is 0 Å². The summed E-state index contributed by atoms with van der Waals surface area (Å²) >= 11 is 1.74. The van der Waals surface area contributed by atoms with Crippen molar-refractivity contribution in [2.24, 2.45) is 0 Å². The van der Waals surface area contributed by atoms with Crippen molar-refractivity contribution in [2.45, 2.75) is 17.2 Å². The van der Waals surface area contributed by atoms with Gasteiger partial charge < -0.3 is 5.32 Å². The van der Waals surface area contributed by atoms with Gasteiger partial charge in [0.2, 0.25) is 5.91 Å². The second kappa shape index (κ2) is 4.05. The Morgan fingerprint density at radius 2 is 2.21 bits per heavy atom. The van der Waals surface area contributed by atoms with Crippen LogP contribution in [0.2, 0.25) is 0 Å². The Labute approximate surface area is 88.1 Å². The van der Waals surface area contributed by atoms with Crippen LogP contribution in [0, 0.1) is 0 Å². The summed E-state index contributed by atoms with van der Waals surface area (Å²) in [5.41, 5.74) is 1.30. The molecule has 1 fully saturated rings. The molecule has 1 unspecified atom stereocenters. The standard InChI is InChI=1S/C11H13NOS/c1-14-10-5-3-2-4-9(10)8-6-11(13)12-7-8/h2-5,8H,6-7H2,1H3,(H,12,13). The Hall–Kier alpha value is -0.960. The Morgan fingerprint density at radius 3 is 2.86 bits per heavy atom. The van der Waals surface area contributed by atoms with Gasteiger partial charge in [0.05, 0.1) is 0 Å². The highest BCUT2D eigenvalue weighted by Crippen LogP contribution is 2.30. The molecule has 1 aromatic carbocycles. The lowest BCUT2D eigenvalue weighted by Crippen LogP contribution is -2.13. The summed E-state index contributed by atoms with van der Waals surface area (Å²) in [6.45, 7) is 0.788. The van der Waals surface area contributed by atoms with Gasteiger partial charge in [0.15, 0.2) is 0 Å². The fourth-order valence-corrected chi connectivity index (χ4v) is 2.51. The first-order valence-electron chi connectivity index (χ1n) is 4.71. The summed E-state index contributed by atoms with van der Waals surface area (Å²) in [6.07, 6.45) is 2.71. The molecule has 2 rings (SSSR count). The Bertz CT molecular complexity index is 351. The van der Waals surface area contributed by atoms with E-state index in [0.29, 0.717) is 12.3 Å². The molecule has 1 heterocycles. The average molecular weight is 207 g/mol. The van der Waals surface area contributed by atoms with Crippen molar-refractivity contribution in [1.82, 2.24) is 5.32 Å². The van der Waals surface area contributed by atoms with E-state index in [4.69, 9.17) is 0 Å². The highest BCUT2D eigenvalue weighted by Gasteiger charge is 2.24. The van der Waals surface area contributed by atoms with Gasteiger partial charge in [-0.15, -0.1) is 11.8 Å². The molecule has 3 heteroatoms. The first kappa shape index (κ1) is 9.59. The van der Waals surface area contributed by atoms with Crippen LogP contribution in [0.1, 0.15) is 17.9 Å². The van der Waals surface area contributed by atoms with Gasteiger partial charge >= 0.3 is 0 Å². The van der Waals surface area contributed by atoms with Crippen molar-refractivity contribution in [3.8, 4) is 0 Å². The first-order chi connectivity index (χ1) is 6.81. The average Bonchev–Trinajstić information content (AvgIpc) is 2.65. The van der Waals surface area contributed by atoms with Crippen LogP contribution in [-0.4, -0.2) is 18.7 Å². The molecule has 1 N–H and O–H groups in total. The van der Waals surface area contributed by atoms with E-state index < -0.39 is 0 Å². The van der Waals surface area contributed by atoms with Crippen LogP contribution in [0.15, 0.2) is 29.2 Å². The molecule has 1 saturated heterocycles. The predicted molar refractivity (Wildman–Crippen MR) is 58.6 cm³/mol. The van der Waals surface area contributed by atoms with E-state index in [0.717, 1.165) is 6.54 Å². The summed E-state index contributed by atoms with van der Waals surface area (Å²) in [5.74, 6) is 0.539. The number of rotatable bonds is 2. The maximum Gasteiger partial charge on any atom is 0.220 e. The zero-order valence-corrected chi connectivity index (χ0v) is 8.93. The molecule has 0 spiro atoms. The quantitative estimate of drug-likeness (QED) is 0.752. The highest BCUT2D eigenvalue weighted by atomic mass is 32.2. The number of carbonyl (C=O) groups excluding carboxylic acids is 1. The second-order valence-electron chi connectivity index (χ2n) is 3.45. The van der Waals surface area contributed by atoms with E-state index in [1.54, 1.807) is 11.8 Å². The molecule has 0 radical (unpaired) electrons. The fraction of sp³-hybridized carbons (Fsp3) is 0.364. The number of amides is 1.